The van der Waals surface area contributed by atoms with Crippen LogP contribution in [0.2, 0.25) is 0 Å². The Morgan fingerprint density at radius 1 is 0.903 bits per heavy atom. The first-order valence-electron chi connectivity index (χ1n) is 21.5. The Labute approximate surface area is 362 Å². The molecule has 334 valence electrons. The van der Waals surface area contributed by atoms with Gasteiger partial charge in [0.1, 0.15) is 29.5 Å². The number of amides is 1. The molecule has 0 unspecified atom stereocenters. The highest BCUT2D eigenvalue weighted by atomic mass is 16.6. The van der Waals surface area contributed by atoms with E-state index in [0.29, 0.717) is 17.6 Å². The lowest BCUT2D eigenvalue weighted by atomic mass is 9.42. The van der Waals surface area contributed by atoms with E-state index >= 15 is 4.79 Å². The highest BCUT2D eigenvalue weighted by Crippen LogP contribution is 2.80. The third kappa shape index (κ3) is 6.92. The standard InChI is InChI=1S/C48H59NO13/c1-11-32(36(29-18-14-12-15-19-29)49-42(55)62-43(5,6)7)40(54)59-33-24-47(56)41(60-39(53)30-20-16-13-17-21-30)45(10)46(23-31(46)22-34-48(45,25-57-34)61-28(4)51)38(52)37(58-27(3)50)35(26(33)2)44(47,8)9/h12-21,31-34,36-37,41,56H,11,22-25H2,1-10H3,(H,49,55)/t31-,32-,33+,34-,36+,37-,41+,45+,46+,47-,48+/m1/s1. The number of alkyl carbamates (subject to hydrolysis) is 1. The van der Waals surface area contributed by atoms with Crippen LogP contribution < -0.4 is 5.32 Å². The maximum Gasteiger partial charge on any atom is 0.408 e. The normalized spacial score (nSPS) is 33.9. The summed E-state index contributed by atoms with van der Waals surface area (Å²) in [5, 5.41) is 16.8. The molecule has 2 aromatic rings. The molecule has 1 heterocycles. The van der Waals surface area contributed by atoms with Gasteiger partial charge in [0.25, 0.3) is 0 Å². The summed E-state index contributed by atoms with van der Waals surface area (Å²) in [5.41, 5.74) is -7.88. The van der Waals surface area contributed by atoms with Crippen LogP contribution in [0.3, 0.4) is 0 Å². The number of esters is 4. The van der Waals surface area contributed by atoms with Crippen LogP contribution in [0.1, 0.15) is 117 Å². The molecule has 2 aromatic carbocycles. The van der Waals surface area contributed by atoms with Crippen LogP contribution in [0.5, 0.6) is 0 Å². The van der Waals surface area contributed by atoms with E-state index in [1.165, 1.54) is 13.8 Å². The first-order valence-corrected chi connectivity index (χ1v) is 21.5. The zero-order chi connectivity index (χ0) is 45.4. The molecular formula is C48H59NO13. The summed E-state index contributed by atoms with van der Waals surface area (Å²) in [6, 6.07) is 16.2. The van der Waals surface area contributed by atoms with E-state index in [1.54, 1.807) is 110 Å². The fraction of sp³-hybridized carbons (Fsp3) is 0.583. The fourth-order valence-electron chi connectivity index (χ4n) is 11.5. The van der Waals surface area contributed by atoms with Crippen LogP contribution in [0, 0.1) is 28.1 Å². The Balaban J connectivity index is 1.41. The third-order valence-electron chi connectivity index (χ3n) is 14.6. The van der Waals surface area contributed by atoms with E-state index in [2.05, 4.69) is 5.32 Å². The van der Waals surface area contributed by atoms with Crippen molar-refractivity contribution in [3.63, 3.8) is 0 Å². The van der Waals surface area contributed by atoms with Gasteiger partial charge in [0.05, 0.1) is 29.5 Å². The number of fused-ring (bicyclic) bond motifs is 4. The summed E-state index contributed by atoms with van der Waals surface area (Å²) in [7, 11) is 0. The van der Waals surface area contributed by atoms with Crippen LogP contribution in [0.15, 0.2) is 71.8 Å². The average molecular weight is 858 g/mol. The predicted molar refractivity (Wildman–Crippen MR) is 222 cm³/mol. The summed E-state index contributed by atoms with van der Waals surface area (Å²) < 4.78 is 37.1. The van der Waals surface area contributed by atoms with Crippen LogP contribution in [0.25, 0.3) is 0 Å². The molecule has 0 aromatic heterocycles. The quantitative estimate of drug-likeness (QED) is 0.149. The summed E-state index contributed by atoms with van der Waals surface area (Å²) in [5.74, 6) is -4.81. The average Bonchev–Trinajstić information content (AvgIpc) is 3.94. The largest absolute Gasteiger partial charge is 0.457 e. The number of hydrogen-bond acceptors (Lipinski definition) is 13. The predicted octanol–water partition coefficient (Wildman–Crippen LogP) is 6.52. The second kappa shape index (κ2) is 15.6. The van der Waals surface area contributed by atoms with Gasteiger partial charge in [-0.25, -0.2) is 9.59 Å². The zero-order valence-electron chi connectivity index (χ0n) is 37.2. The number of rotatable bonds is 10. The molecule has 2 bridgehead atoms. The van der Waals surface area contributed by atoms with E-state index in [9.17, 15) is 29.1 Å². The Morgan fingerprint density at radius 2 is 1.53 bits per heavy atom. The maximum atomic E-state index is 15.7. The van der Waals surface area contributed by atoms with Gasteiger partial charge in [-0.3, -0.25) is 19.2 Å². The summed E-state index contributed by atoms with van der Waals surface area (Å²) in [6.45, 7) is 16.0. The van der Waals surface area contributed by atoms with Gasteiger partial charge in [0, 0.05) is 31.1 Å². The first-order chi connectivity index (χ1) is 29.0. The maximum absolute atomic E-state index is 15.7. The number of Topliss-reactive ketones (excluding diaryl/α,β-unsaturated/α-hetero) is 1. The number of carbonyl (C=O) groups excluding carboxylic acids is 6. The molecule has 1 saturated heterocycles. The van der Waals surface area contributed by atoms with Crippen molar-refractivity contribution in [1.82, 2.24) is 5.32 Å². The molecule has 14 nitrogen and oxygen atoms in total. The minimum Gasteiger partial charge on any atom is -0.457 e. The molecule has 1 aliphatic heterocycles. The number of ether oxygens (including phenoxy) is 6. The number of benzene rings is 2. The molecule has 1 spiro atoms. The SMILES string of the molecule is CC[C@@H](C(=O)O[C@H]1C[C@@]2(O)[C@@H](OC(=O)c3ccccc3)[C@]3(C)[C@]4(OC(C)=O)CO[C@@H]4C[C@@H]4C[C@@]43C(=O)[C@H](OC(C)=O)C(=C1C)C2(C)C)[C@@H](NC(=O)OC(C)(C)C)c1ccccc1. The lowest BCUT2D eigenvalue weighted by Crippen LogP contribution is -2.82. The van der Waals surface area contributed by atoms with Crippen molar-refractivity contribution in [1.29, 1.82) is 0 Å². The zero-order valence-corrected chi connectivity index (χ0v) is 37.2. The molecule has 5 aliphatic rings. The van der Waals surface area contributed by atoms with Gasteiger partial charge in [0.2, 0.25) is 0 Å². The number of hydrogen-bond donors (Lipinski definition) is 2. The molecule has 3 saturated carbocycles. The van der Waals surface area contributed by atoms with Gasteiger partial charge in [0.15, 0.2) is 17.5 Å². The molecule has 2 N–H and O–H groups in total. The first kappa shape index (κ1) is 45.0. The second-order valence-electron chi connectivity index (χ2n) is 19.4. The highest BCUT2D eigenvalue weighted by molar-refractivity contribution is 5.98. The summed E-state index contributed by atoms with van der Waals surface area (Å²) in [4.78, 5) is 84.5. The van der Waals surface area contributed by atoms with Crippen LogP contribution in [-0.2, 0) is 47.6 Å². The molecular weight excluding hydrogens is 799 g/mol. The minimum absolute atomic E-state index is 0.159. The third-order valence-corrected chi connectivity index (χ3v) is 14.6. The van der Waals surface area contributed by atoms with Crippen molar-refractivity contribution < 1.29 is 62.3 Å². The van der Waals surface area contributed by atoms with Crippen molar-refractivity contribution in [2.24, 2.45) is 28.1 Å². The molecule has 1 amide bonds. The summed E-state index contributed by atoms with van der Waals surface area (Å²) in [6.07, 6.45) is -5.46. The van der Waals surface area contributed by atoms with Crippen molar-refractivity contribution in [3.05, 3.63) is 82.9 Å². The number of aliphatic hydroxyl groups is 1. The van der Waals surface area contributed by atoms with Crippen LogP contribution in [0.4, 0.5) is 4.79 Å². The van der Waals surface area contributed by atoms with E-state index < -0.39 is 105 Å². The van der Waals surface area contributed by atoms with E-state index in [4.69, 9.17) is 28.4 Å². The monoisotopic (exact) mass is 857 g/mol. The van der Waals surface area contributed by atoms with Crippen molar-refractivity contribution in [2.45, 2.75) is 142 Å². The van der Waals surface area contributed by atoms with Crippen LogP contribution >= 0.6 is 0 Å². The van der Waals surface area contributed by atoms with Gasteiger partial charge in [-0.1, -0.05) is 76.2 Å². The van der Waals surface area contributed by atoms with E-state index in [-0.39, 0.29) is 42.9 Å². The van der Waals surface area contributed by atoms with E-state index in [0.717, 1.165) is 0 Å². The van der Waals surface area contributed by atoms with Gasteiger partial charge in [-0.15, -0.1) is 0 Å². The van der Waals surface area contributed by atoms with Gasteiger partial charge in [-0.2, -0.15) is 0 Å². The number of carbonyl (C=O) groups is 6. The van der Waals surface area contributed by atoms with Gasteiger partial charge < -0.3 is 38.8 Å². The Bertz CT molecular complexity index is 2180. The smallest absolute Gasteiger partial charge is 0.408 e. The molecule has 11 atom stereocenters. The second-order valence-corrected chi connectivity index (χ2v) is 19.4. The highest BCUT2D eigenvalue weighted by Gasteiger charge is 2.89. The minimum atomic E-state index is -2.20. The van der Waals surface area contributed by atoms with Crippen molar-refractivity contribution in [2.75, 3.05) is 6.61 Å². The van der Waals surface area contributed by atoms with Gasteiger partial charge >= 0.3 is 30.0 Å². The Kier molecular flexibility index (Phi) is 11.3. The fourth-order valence-corrected chi connectivity index (χ4v) is 11.5. The van der Waals surface area contributed by atoms with Gasteiger partial charge in [-0.05, 0) is 81.7 Å². The van der Waals surface area contributed by atoms with Crippen molar-refractivity contribution in [3.8, 4) is 0 Å². The molecule has 4 fully saturated rings. The van der Waals surface area contributed by atoms with Crippen molar-refractivity contribution >= 4 is 35.8 Å². The Hall–Kier alpha value is -5.08. The number of nitrogens with one attached hydrogen (secondary N) is 1. The number of ketones is 1. The van der Waals surface area contributed by atoms with Crippen LogP contribution in [-0.4, -0.2) is 88.7 Å². The lowest BCUT2D eigenvalue weighted by Gasteiger charge is -2.69. The van der Waals surface area contributed by atoms with E-state index in [1.807, 2.05) is 6.07 Å². The molecule has 7 rings (SSSR count). The lowest BCUT2D eigenvalue weighted by molar-refractivity contribution is -0.356. The molecule has 4 aliphatic carbocycles. The Morgan fingerprint density at radius 3 is 2.08 bits per heavy atom. The molecule has 0 radical (unpaired) electrons. The molecule has 14 heteroatoms. The topological polar surface area (TPSA) is 190 Å². The molecule has 62 heavy (non-hydrogen) atoms. The summed E-state index contributed by atoms with van der Waals surface area (Å²) >= 11 is 0.